The Morgan fingerprint density at radius 2 is 1.96 bits per heavy atom. The number of hydrogen-bond acceptors (Lipinski definition) is 3. The summed E-state index contributed by atoms with van der Waals surface area (Å²) in [5.41, 5.74) is 3.89. The van der Waals surface area contributed by atoms with Gasteiger partial charge >= 0.3 is 0 Å². The van der Waals surface area contributed by atoms with Crippen LogP contribution in [0.15, 0.2) is 47.0 Å². The maximum atomic E-state index is 12.2. The number of amides is 1. The molecule has 0 spiro atoms. The number of hydrogen-bond donors (Lipinski definition) is 1. The summed E-state index contributed by atoms with van der Waals surface area (Å²) in [5, 5.41) is 7.53. The number of carbonyl (C=O) groups is 1. The molecule has 1 aromatic carbocycles. The molecular weight excluding hydrogens is 314 g/mol. The standard InChI is InChI=1S/C20H23N3O2/c1-14-12-19(16(3)25-14)20(24)21-11-7-8-17-13-23(22-15(17)2)18-9-5-4-6-10-18/h4-6,9-10,12-13H,7-8,11H2,1-3H3,(H,21,24). The van der Waals surface area contributed by atoms with E-state index in [0.717, 1.165) is 30.0 Å². The van der Waals surface area contributed by atoms with Crippen molar-refractivity contribution in [3.63, 3.8) is 0 Å². The van der Waals surface area contributed by atoms with E-state index in [2.05, 4.69) is 16.6 Å². The predicted molar refractivity (Wildman–Crippen MR) is 97.1 cm³/mol. The summed E-state index contributed by atoms with van der Waals surface area (Å²) in [6.07, 6.45) is 3.81. The summed E-state index contributed by atoms with van der Waals surface area (Å²) in [6, 6.07) is 11.8. The fourth-order valence-electron chi connectivity index (χ4n) is 2.89. The van der Waals surface area contributed by atoms with Crippen molar-refractivity contribution in [2.45, 2.75) is 33.6 Å². The molecule has 0 aliphatic heterocycles. The van der Waals surface area contributed by atoms with Crippen LogP contribution in [0.1, 0.15) is 39.6 Å². The minimum atomic E-state index is -0.0777. The molecule has 0 aliphatic rings. The number of rotatable bonds is 6. The van der Waals surface area contributed by atoms with Crippen LogP contribution in [0.25, 0.3) is 5.69 Å². The largest absolute Gasteiger partial charge is 0.466 e. The van der Waals surface area contributed by atoms with Crippen LogP contribution >= 0.6 is 0 Å². The lowest BCUT2D eigenvalue weighted by Gasteiger charge is -2.04. The highest BCUT2D eigenvalue weighted by molar-refractivity contribution is 5.95. The van der Waals surface area contributed by atoms with Crippen LogP contribution < -0.4 is 5.32 Å². The van der Waals surface area contributed by atoms with Gasteiger partial charge in [-0.05, 0) is 57.4 Å². The number of carbonyl (C=O) groups excluding carboxylic acids is 1. The monoisotopic (exact) mass is 337 g/mol. The molecule has 3 rings (SSSR count). The maximum Gasteiger partial charge on any atom is 0.254 e. The van der Waals surface area contributed by atoms with Crippen LogP contribution in [0.3, 0.4) is 0 Å². The number of nitrogens with one attached hydrogen (secondary N) is 1. The van der Waals surface area contributed by atoms with E-state index in [1.165, 1.54) is 5.56 Å². The van der Waals surface area contributed by atoms with Gasteiger partial charge in [-0.3, -0.25) is 4.79 Å². The summed E-state index contributed by atoms with van der Waals surface area (Å²) in [6.45, 7) is 6.30. The zero-order valence-electron chi connectivity index (χ0n) is 14.9. The predicted octanol–water partition coefficient (Wildman–Crippen LogP) is 3.75. The lowest BCUT2D eigenvalue weighted by Crippen LogP contribution is -2.24. The zero-order valence-corrected chi connectivity index (χ0v) is 14.9. The van der Waals surface area contributed by atoms with Crippen LogP contribution in [0, 0.1) is 20.8 Å². The highest BCUT2D eigenvalue weighted by Gasteiger charge is 2.13. The highest BCUT2D eigenvalue weighted by atomic mass is 16.3. The molecule has 0 radical (unpaired) electrons. The second kappa shape index (κ2) is 7.38. The highest BCUT2D eigenvalue weighted by Crippen LogP contribution is 2.14. The fraction of sp³-hybridized carbons (Fsp3) is 0.300. The maximum absolute atomic E-state index is 12.2. The van der Waals surface area contributed by atoms with Gasteiger partial charge in [-0.1, -0.05) is 18.2 Å². The molecule has 0 saturated carbocycles. The number of aryl methyl sites for hydroxylation is 4. The van der Waals surface area contributed by atoms with E-state index in [9.17, 15) is 4.79 Å². The lowest BCUT2D eigenvalue weighted by atomic mass is 10.1. The first-order valence-electron chi connectivity index (χ1n) is 8.50. The number of benzene rings is 1. The van der Waals surface area contributed by atoms with E-state index in [0.29, 0.717) is 17.9 Å². The van der Waals surface area contributed by atoms with Crippen LogP contribution in [-0.2, 0) is 6.42 Å². The first-order chi connectivity index (χ1) is 12.0. The fourth-order valence-corrected chi connectivity index (χ4v) is 2.89. The van der Waals surface area contributed by atoms with E-state index < -0.39 is 0 Å². The Kier molecular flexibility index (Phi) is 5.03. The SMILES string of the molecule is Cc1cc(C(=O)NCCCc2cn(-c3ccccc3)nc2C)c(C)o1. The molecule has 130 valence electrons. The molecule has 0 aliphatic carbocycles. The van der Waals surface area contributed by atoms with Gasteiger partial charge in [-0.25, -0.2) is 4.68 Å². The Morgan fingerprint density at radius 1 is 1.20 bits per heavy atom. The minimum Gasteiger partial charge on any atom is -0.466 e. The Bertz CT molecular complexity index is 862. The van der Waals surface area contributed by atoms with Gasteiger partial charge in [-0.15, -0.1) is 0 Å². The molecule has 2 aromatic heterocycles. The molecule has 0 atom stereocenters. The van der Waals surface area contributed by atoms with Gasteiger partial charge in [0.1, 0.15) is 11.5 Å². The number of furan rings is 1. The van der Waals surface area contributed by atoms with Gasteiger partial charge in [0.15, 0.2) is 0 Å². The number of nitrogens with zero attached hydrogens (tertiary/aromatic N) is 2. The van der Waals surface area contributed by atoms with Gasteiger partial charge < -0.3 is 9.73 Å². The van der Waals surface area contributed by atoms with Crippen molar-refractivity contribution in [2.24, 2.45) is 0 Å². The Labute approximate surface area is 147 Å². The molecule has 1 N–H and O–H groups in total. The van der Waals surface area contributed by atoms with E-state index in [4.69, 9.17) is 4.42 Å². The van der Waals surface area contributed by atoms with Crippen LogP contribution in [0.2, 0.25) is 0 Å². The van der Waals surface area contributed by atoms with E-state index in [1.54, 1.807) is 6.07 Å². The number of para-hydroxylation sites is 1. The first kappa shape index (κ1) is 17.0. The van der Waals surface area contributed by atoms with Crippen molar-refractivity contribution >= 4 is 5.91 Å². The molecular formula is C20H23N3O2. The smallest absolute Gasteiger partial charge is 0.254 e. The van der Waals surface area contributed by atoms with Crippen LogP contribution in [0.4, 0.5) is 0 Å². The summed E-state index contributed by atoms with van der Waals surface area (Å²) < 4.78 is 7.30. The Balaban J connectivity index is 1.53. The summed E-state index contributed by atoms with van der Waals surface area (Å²) >= 11 is 0. The van der Waals surface area contributed by atoms with Crippen molar-refractivity contribution in [1.29, 1.82) is 0 Å². The summed E-state index contributed by atoms with van der Waals surface area (Å²) in [4.78, 5) is 12.2. The molecule has 5 heteroatoms. The molecule has 0 saturated heterocycles. The second-order valence-electron chi connectivity index (χ2n) is 6.21. The van der Waals surface area contributed by atoms with Gasteiger partial charge in [-0.2, -0.15) is 5.10 Å². The van der Waals surface area contributed by atoms with Crippen LogP contribution in [0.5, 0.6) is 0 Å². The normalized spacial score (nSPS) is 10.8. The average Bonchev–Trinajstić information content (AvgIpc) is 3.14. The van der Waals surface area contributed by atoms with Gasteiger partial charge in [0.25, 0.3) is 5.91 Å². The third-order valence-corrected chi connectivity index (χ3v) is 4.22. The van der Waals surface area contributed by atoms with Crippen molar-refractivity contribution < 1.29 is 9.21 Å². The molecule has 0 fully saturated rings. The topological polar surface area (TPSA) is 60.1 Å². The first-order valence-corrected chi connectivity index (χ1v) is 8.50. The molecule has 5 nitrogen and oxygen atoms in total. The van der Waals surface area contributed by atoms with E-state index >= 15 is 0 Å². The van der Waals surface area contributed by atoms with Gasteiger partial charge in [0.05, 0.1) is 16.9 Å². The van der Waals surface area contributed by atoms with Crippen molar-refractivity contribution in [1.82, 2.24) is 15.1 Å². The van der Waals surface area contributed by atoms with E-state index in [1.807, 2.05) is 55.8 Å². The summed E-state index contributed by atoms with van der Waals surface area (Å²) in [5.74, 6) is 1.34. The van der Waals surface area contributed by atoms with Crippen LogP contribution in [-0.4, -0.2) is 22.2 Å². The molecule has 25 heavy (non-hydrogen) atoms. The lowest BCUT2D eigenvalue weighted by molar-refractivity contribution is 0.0951. The van der Waals surface area contributed by atoms with Gasteiger partial charge in [0, 0.05) is 12.7 Å². The van der Waals surface area contributed by atoms with E-state index in [-0.39, 0.29) is 5.91 Å². The zero-order chi connectivity index (χ0) is 17.8. The molecule has 3 aromatic rings. The quantitative estimate of drug-likeness (QED) is 0.697. The van der Waals surface area contributed by atoms with Gasteiger partial charge in [0.2, 0.25) is 0 Å². The summed E-state index contributed by atoms with van der Waals surface area (Å²) in [7, 11) is 0. The number of aromatic nitrogens is 2. The Hall–Kier alpha value is -2.82. The molecule has 0 bridgehead atoms. The molecule has 0 unspecified atom stereocenters. The Morgan fingerprint density at radius 3 is 2.64 bits per heavy atom. The van der Waals surface area contributed by atoms with Crippen molar-refractivity contribution in [2.75, 3.05) is 6.54 Å². The second-order valence-corrected chi connectivity index (χ2v) is 6.21. The third kappa shape index (κ3) is 3.99. The van der Waals surface area contributed by atoms with Crippen molar-refractivity contribution in [3.05, 3.63) is 70.9 Å². The van der Waals surface area contributed by atoms with Crippen molar-refractivity contribution in [3.8, 4) is 5.69 Å². The molecule has 1 amide bonds. The minimum absolute atomic E-state index is 0.0777. The molecule has 2 heterocycles. The average molecular weight is 337 g/mol. The third-order valence-electron chi connectivity index (χ3n) is 4.22.